The molecule has 0 aliphatic rings. The summed E-state index contributed by atoms with van der Waals surface area (Å²) in [5.74, 6) is -5.82. The van der Waals surface area contributed by atoms with Crippen LogP contribution in [-0.2, 0) is 5.92 Å². The Morgan fingerprint density at radius 3 is 2.62 bits per heavy atom. The van der Waals surface area contributed by atoms with Crippen LogP contribution in [-0.4, -0.2) is 27.7 Å². The Morgan fingerprint density at radius 2 is 2.05 bits per heavy atom. The summed E-state index contributed by atoms with van der Waals surface area (Å²) in [6.07, 6.45) is -2.72. The van der Waals surface area contributed by atoms with Crippen LogP contribution in [0.4, 0.5) is 17.6 Å². The number of alkyl halides is 4. The molecule has 0 amide bonds. The summed E-state index contributed by atoms with van der Waals surface area (Å²) in [6.45, 7) is 3.13. The molecule has 2 heterocycles. The molecule has 0 N–H and O–H groups in total. The van der Waals surface area contributed by atoms with Gasteiger partial charge in [0.05, 0.1) is 5.02 Å². The third kappa shape index (κ3) is 2.77. The first-order valence-corrected chi connectivity index (χ1v) is 6.19. The molecule has 4 nitrogen and oxygen atoms in total. The van der Waals surface area contributed by atoms with Gasteiger partial charge in [-0.25, -0.2) is 18.7 Å². The van der Waals surface area contributed by atoms with Crippen molar-refractivity contribution in [2.45, 2.75) is 12.3 Å². The standard InChI is InChI=1S/C11H7Cl2F4N3O/c1-2-3-21-20-6-4-5(12)7(13)18-8(6)19-10(20)11(16,17)9(14)15/h2,4,9H,1,3H2. The fraction of sp³-hybridized carbons (Fsp3) is 0.273. The van der Waals surface area contributed by atoms with Crippen molar-refractivity contribution in [3.63, 3.8) is 0 Å². The molecule has 0 aromatic carbocycles. The van der Waals surface area contributed by atoms with Gasteiger partial charge in [-0.1, -0.05) is 35.9 Å². The third-order valence-corrected chi connectivity index (χ3v) is 3.08. The topological polar surface area (TPSA) is 39.9 Å². The smallest absolute Gasteiger partial charge is 0.367 e. The van der Waals surface area contributed by atoms with Crippen molar-refractivity contribution in [2.24, 2.45) is 0 Å². The molecule has 0 aliphatic carbocycles. The van der Waals surface area contributed by atoms with E-state index in [1.807, 2.05) is 0 Å². The number of halogens is 6. The Bertz CT molecular complexity index is 690. The minimum Gasteiger partial charge on any atom is -0.408 e. The summed E-state index contributed by atoms with van der Waals surface area (Å²) in [7, 11) is 0. The summed E-state index contributed by atoms with van der Waals surface area (Å²) in [6, 6.07) is 1.15. The minimum atomic E-state index is -4.53. The molecule has 10 heteroatoms. The van der Waals surface area contributed by atoms with Crippen molar-refractivity contribution in [1.29, 1.82) is 0 Å². The average molecular weight is 344 g/mol. The number of hydrogen-bond donors (Lipinski definition) is 0. The van der Waals surface area contributed by atoms with E-state index in [9.17, 15) is 17.6 Å². The maximum atomic E-state index is 13.6. The molecule has 0 bridgehead atoms. The van der Waals surface area contributed by atoms with Gasteiger partial charge in [0, 0.05) is 0 Å². The third-order valence-electron chi connectivity index (χ3n) is 2.41. The van der Waals surface area contributed by atoms with Crippen molar-refractivity contribution in [3.8, 4) is 0 Å². The van der Waals surface area contributed by atoms with E-state index in [1.165, 1.54) is 6.08 Å². The second kappa shape index (κ2) is 5.69. The molecule has 2 aromatic heterocycles. The maximum Gasteiger partial charge on any atom is 0.367 e. The van der Waals surface area contributed by atoms with Gasteiger partial charge in [-0.15, -0.1) is 0 Å². The van der Waals surface area contributed by atoms with E-state index >= 15 is 0 Å². The van der Waals surface area contributed by atoms with Gasteiger partial charge in [0.2, 0.25) is 5.82 Å². The Hall–Kier alpha value is -1.54. The molecular weight excluding hydrogens is 337 g/mol. The number of aromatic nitrogens is 3. The molecule has 0 radical (unpaired) electrons. The molecule has 0 saturated heterocycles. The van der Waals surface area contributed by atoms with Crippen LogP contribution in [0.5, 0.6) is 0 Å². The molecule has 0 saturated carbocycles. The van der Waals surface area contributed by atoms with Gasteiger partial charge >= 0.3 is 12.3 Å². The van der Waals surface area contributed by atoms with E-state index in [1.54, 1.807) is 0 Å². The summed E-state index contributed by atoms with van der Waals surface area (Å²) >= 11 is 11.4. The molecular formula is C11H7Cl2F4N3O. The van der Waals surface area contributed by atoms with Crippen LogP contribution < -0.4 is 4.84 Å². The van der Waals surface area contributed by atoms with Crippen LogP contribution in [0.1, 0.15) is 5.82 Å². The van der Waals surface area contributed by atoms with E-state index in [4.69, 9.17) is 28.0 Å². The average Bonchev–Trinajstić information content (AvgIpc) is 2.75. The van der Waals surface area contributed by atoms with E-state index in [2.05, 4.69) is 16.5 Å². The van der Waals surface area contributed by atoms with Gasteiger partial charge in [0.25, 0.3) is 0 Å². The first-order valence-electron chi connectivity index (χ1n) is 5.44. The van der Waals surface area contributed by atoms with E-state index in [-0.39, 0.29) is 27.9 Å². The lowest BCUT2D eigenvalue weighted by Crippen LogP contribution is -2.30. The SMILES string of the molecule is C=CCOn1c(C(F)(F)C(F)F)nc2nc(Cl)c(Cl)cc21. The van der Waals surface area contributed by atoms with Crippen molar-refractivity contribution in [3.05, 3.63) is 34.7 Å². The van der Waals surface area contributed by atoms with Crippen molar-refractivity contribution in [2.75, 3.05) is 6.61 Å². The van der Waals surface area contributed by atoms with E-state index < -0.39 is 18.2 Å². The molecule has 21 heavy (non-hydrogen) atoms. The zero-order valence-corrected chi connectivity index (χ0v) is 11.7. The number of rotatable bonds is 5. The number of nitrogens with zero attached hydrogens (tertiary/aromatic N) is 3. The Balaban J connectivity index is 2.71. The summed E-state index contributed by atoms with van der Waals surface area (Å²) in [4.78, 5) is 12.0. The highest BCUT2D eigenvalue weighted by Gasteiger charge is 2.48. The lowest BCUT2D eigenvalue weighted by molar-refractivity contribution is -0.148. The van der Waals surface area contributed by atoms with Gasteiger partial charge in [0.15, 0.2) is 5.65 Å². The maximum absolute atomic E-state index is 13.6. The highest BCUT2D eigenvalue weighted by molar-refractivity contribution is 6.41. The fourth-order valence-electron chi connectivity index (χ4n) is 1.50. The van der Waals surface area contributed by atoms with Crippen LogP contribution in [0.25, 0.3) is 11.2 Å². The second-order valence-corrected chi connectivity index (χ2v) is 4.61. The Labute approximate surface area is 125 Å². The largest absolute Gasteiger partial charge is 0.408 e. The van der Waals surface area contributed by atoms with Crippen LogP contribution in [0.2, 0.25) is 10.2 Å². The summed E-state index contributed by atoms with van der Waals surface area (Å²) in [5.41, 5.74) is -0.398. The Morgan fingerprint density at radius 1 is 1.38 bits per heavy atom. The van der Waals surface area contributed by atoms with Crippen LogP contribution in [0.15, 0.2) is 18.7 Å². The zero-order valence-electron chi connectivity index (χ0n) is 10.2. The number of fused-ring (bicyclic) bond motifs is 1. The molecule has 0 fully saturated rings. The van der Waals surface area contributed by atoms with Gasteiger partial charge in [-0.05, 0) is 6.07 Å². The van der Waals surface area contributed by atoms with E-state index in [0.29, 0.717) is 4.73 Å². The van der Waals surface area contributed by atoms with Crippen molar-refractivity contribution < 1.29 is 22.4 Å². The first kappa shape index (κ1) is 15.8. The lowest BCUT2D eigenvalue weighted by atomic mass is 10.3. The van der Waals surface area contributed by atoms with Gasteiger partial charge in [0.1, 0.15) is 17.3 Å². The monoisotopic (exact) mass is 343 g/mol. The highest BCUT2D eigenvalue weighted by atomic mass is 35.5. The predicted molar refractivity (Wildman–Crippen MR) is 69.1 cm³/mol. The molecule has 0 aliphatic heterocycles. The van der Waals surface area contributed by atoms with Gasteiger partial charge < -0.3 is 4.84 Å². The minimum absolute atomic E-state index is 0.0561. The van der Waals surface area contributed by atoms with Crippen molar-refractivity contribution in [1.82, 2.24) is 14.7 Å². The number of hydrogen-bond acceptors (Lipinski definition) is 3. The Kier molecular flexibility index (Phi) is 4.29. The van der Waals surface area contributed by atoms with E-state index in [0.717, 1.165) is 6.07 Å². The molecule has 0 atom stereocenters. The molecule has 0 unspecified atom stereocenters. The molecule has 0 spiro atoms. The van der Waals surface area contributed by atoms with Crippen LogP contribution in [0, 0.1) is 0 Å². The quantitative estimate of drug-likeness (QED) is 0.472. The fourth-order valence-corrected chi connectivity index (χ4v) is 1.78. The molecule has 2 rings (SSSR count). The van der Waals surface area contributed by atoms with Gasteiger partial charge in [-0.2, -0.15) is 13.5 Å². The number of imidazole rings is 1. The zero-order chi connectivity index (χ0) is 15.8. The normalized spacial score (nSPS) is 12.1. The van der Waals surface area contributed by atoms with Crippen LogP contribution >= 0.6 is 23.2 Å². The van der Waals surface area contributed by atoms with Crippen LogP contribution in [0.3, 0.4) is 0 Å². The number of pyridine rings is 1. The molecule has 2 aromatic rings. The summed E-state index contributed by atoms with van der Waals surface area (Å²) < 4.78 is 52.7. The first-order chi connectivity index (χ1) is 9.78. The molecule has 114 valence electrons. The predicted octanol–water partition coefficient (Wildman–Crippen LogP) is 3.71. The lowest BCUT2D eigenvalue weighted by Gasteiger charge is -2.16. The summed E-state index contributed by atoms with van der Waals surface area (Å²) in [5, 5.41) is -0.246. The van der Waals surface area contributed by atoms with Gasteiger partial charge in [-0.3, -0.25) is 0 Å². The highest BCUT2D eigenvalue weighted by Crippen LogP contribution is 2.36. The van der Waals surface area contributed by atoms with Crippen molar-refractivity contribution >= 4 is 34.4 Å². The second-order valence-electron chi connectivity index (χ2n) is 3.84.